The van der Waals surface area contributed by atoms with Gasteiger partial charge in [-0.25, -0.2) is 14.5 Å². The molecule has 1 atom stereocenters. The smallest absolute Gasteiger partial charge is 0.440 e. The first-order chi connectivity index (χ1) is 11.1. The summed E-state index contributed by atoms with van der Waals surface area (Å²) >= 11 is 5.83. The van der Waals surface area contributed by atoms with Crippen molar-refractivity contribution in [2.24, 2.45) is 0 Å². The van der Waals surface area contributed by atoms with E-state index in [-0.39, 0.29) is 22.2 Å². The molecule has 0 bridgehead atoms. The first-order valence-corrected chi connectivity index (χ1v) is 6.94. The number of hydrogen-bond acceptors (Lipinski definition) is 4. The number of hydrogen-bond donors (Lipinski definition) is 2. The van der Waals surface area contributed by atoms with E-state index in [2.05, 4.69) is 4.74 Å². The van der Waals surface area contributed by atoms with Gasteiger partial charge in [0.05, 0.1) is 17.3 Å². The molecule has 1 fully saturated rings. The minimum absolute atomic E-state index is 0.116. The molecule has 0 aliphatic carbocycles. The summed E-state index contributed by atoms with van der Waals surface area (Å²) in [5.74, 6) is -1.75. The summed E-state index contributed by atoms with van der Waals surface area (Å²) in [6, 6.07) is 3.95. The molecule has 0 spiro atoms. The molecule has 4 amide bonds. The molecule has 1 heterocycles. The number of carbonyl (C=O) groups is 3. The number of carbonyl (C=O) groups excluding carboxylic acids is 3. The Kier molecular flexibility index (Phi) is 4.61. The number of urea groups is 1. The molecule has 0 unspecified atom stereocenters. The maximum atomic E-state index is 13.5. The highest BCUT2D eigenvalue weighted by atomic mass is 35.5. The van der Waals surface area contributed by atoms with Gasteiger partial charge in [-0.2, -0.15) is 13.2 Å². The zero-order chi connectivity index (χ0) is 18.1. The zero-order valence-corrected chi connectivity index (χ0v) is 12.9. The number of alkyl carbamates (subject to hydrolysis) is 1. The van der Waals surface area contributed by atoms with E-state index < -0.39 is 29.9 Å². The van der Waals surface area contributed by atoms with Crippen molar-refractivity contribution in [3.05, 3.63) is 29.3 Å². The van der Waals surface area contributed by atoms with Gasteiger partial charge in [-0.3, -0.25) is 15.4 Å². The van der Waals surface area contributed by atoms with Gasteiger partial charge in [-0.1, -0.05) is 23.7 Å². The maximum absolute atomic E-state index is 13.5. The Hall–Kier alpha value is -2.49. The van der Waals surface area contributed by atoms with Crippen LogP contribution in [0.1, 0.15) is 6.92 Å². The predicted molar refractivity (Wildman–Crippen MR) is 76.4 cm³/mol. The molecule has 2 rings (SSSR count). The lowest BCUT2D eigenvalue weighted by atomic mass is 10.1. The van der Waals surface area contributed by atoms with Gasteiger partial charge in [0.25, 0.3) is 11.6 Å². The molecule has 0 radical (unpaired) electrons. The van der Waals surface area contributed by atoms with Crippen molar-refractivity contribution in [3.63, 3.8) is 0 Å². The molecule has 7 nitrogen and oxygen atoms in total. The van der Waals surface area contributed by atoms with Gasteiger partial charge in [0.1, 0.15) is 0 Å². The van der Waals surface area contributed by atoms with Crippen molar-refractivity contribution < 1.29 is 32.3 Å². The SMILES string of the molecule is CCOC(=O)N[C@]1(C(F)(F)F)NC(=O)N(c2ccccc2Cl)C1=O. The Labute approximate surface area is 138 Å². The monoisotopic (exact) mass is 365 g/mol. The molecule has 2 N–H and O–H groups in total. The highest BCUT2D eigenvalue weighted by molar-refractivity contribution is 6.36. The van der Waals surface area contributed by atoms with E-state index in [1.54, 1.807) is 0 Å². The first-order valence-electron chi connectivity index (χ1n) is 6.57. The average Bonchev–Trinajstić information content (AvgIpc) is 2.72. The Balaban J connectivity index is 2.48. The Morgan fingerprint density at radius 2 is 2.00 bits per heavy atom. The molecule has 130 valence electrons. The van der Waals surface area contributed by atoms with E-state index in [9.17, 15) is 27.6 Å². The standard InChI is InChI=1S/C13H11ClF3N3O4/c1-2-24-11(23)19-12(13(15,16)17)9(21)20(10(22)18-12)8-6-4-3-5-7(8)14/h3-6H,2H2,1H3,(H,18,22)(H,19,23)/t12-/m1/s1. The quantitative estimate of drug-likeness (QED) is 0.805. The summed E-state index contributed by atoms with van der Waals surface area (Å²) in [5.41, 5.74) is -3.89. The van der Waals surface area contributed by atoms with E-state index in [4.69, 9.17) is 11.6 Å². The topological polar surface area (TPSA) is 87.7 Å². The van der Waals surface area contributed by atoms with Crippen molar-refractivity contribution in [2.75, 3.05) is 11.5 Å². The lowest BCUT2D eigenvalue weighted by Crippen LogP contribution is -2.69. The average molecular weight is 366 g/mol. The van der Waals surface area contributed by atoms with Crippen molar-refractivity contribution in [1.29, 1.82) is 0 Å². The van der Waals surface area contributed by atoms with Gasteiger partial charge in [-0.15, -0.1) is 0 Å². The van der Waals surface area contributed by atoms with E-state index in [0.717, 1.165) is 0 Å². The van der Waals surface area contributed by atoms with Crippen molar-refractivity contribution in [1.82, 2.24) is 10.6 Å². The molecule has 1 saturated heterocycles. The van der Waals surface area contributed by atoms with Crippen LogP contribution in [0.2, 0.25) is 5.02 Å². The molecular weight excluding hydrogens is 355 g/mol. The minimum Gasteiger partial charge on any atom is -0.450 e. The van der Waals surface area contributed by atoms with Gasteiger partial charge < -0.3 is 4.74 Å². The van der Waals surface area contributed by atoms with E-state index >= 15 is 0 Å². The summed E-state index contributed by atoms with van der Waals surface area (Å²) < 4.78 is 44.8. The number of amides is 4. The van der Waals surface area contributed by atoms with Gasteiger partial charge in [0, 0.05) is 0 Å². The van der Waals surface area contributed by atoms with Gasteiger partial charge in [0.2, 0.25) is 0 Å². The molecule has 1 aliphatic heterocycles. The van der Waals surface area contributed by atoms with Crippen LogP contribution in [0.15, 0.2) is 24.3 Å². The number of anilines is 1. The molecule has 24 heavy (non-hydrogen) atoms. The number of alkyl halides is 3. The molecule has 11 heteroatoms. The summed E-state index contributed by atoms with van der Waals surface area (Å²) in [7, 11) is 0. The molecule has 0 saturated carbocycles. The van der Waals surface area contributed by atoms with E-state index in [0.29, 0.717) is 0 Å². The van der Waals surface area contributed by atoms with Crippen LogP contribution in [-0.2, 0) is 9.53 Å². The number of imide groups is 1. The third-order valence-electron chi connectivity index (χ3n) is 3.10. The fourth-order valence-electron chi connectivity index (χ4n) is 2.05. The largest absolute Gasteiger partial charge is 0.450 e. The Bertz CT molecular complexity index is 697. The lowest BCUT2D eigenvalue weighted by molar-refractivity contribution is -0.197. The van der Waals surface area contributed by atoms with E-state index in [1.807, 2.05) is 0 Å². The second kappa shape index (κ2) is 6.19. The Morgan fingerprint density at radius 1 is 1.38 bits per heavy atom. The van der Waals surface area contributed by atoms with Crippen LogP contribution >= 0.6 is 11.6 Å². The summed E-state index contributed by atoms with van der Waals surface area (Å²) in [6.07, 6.45) is -6.83. The van der Waals surface area contributed by atoms with Gasteiger partial charge >= 0.3 is 18.3 Å². The van der Waals surface area contributed by atoms with E-state index in [1.165, 1.54) is 41.8 Å². The van der Waals surface area contributed by atoms with Crippen LogP contribution in [0.5, 0.6) is 0 Å². The number of nitrogens with one attached hydrogen (secondary N) is 2. The molecule has 1 aromatic rings. The normalized spacial score (nSPS) is 20.8. The highest BCUT2D eigenvalue weighted by Crippen LogP contribution is 2.37. The van der Waals surface area contributed by atoms with Crippen LogP contribution in [0.25, 0.3) is 0 Å². The van der Waals surface area contributed by atoms with Crippen LogP contribution in [0, 0.1) is 0 Å². The maximum Gasteiger partial charge on any atom is 0.440 e. The van der Waals surface area contributed by atoms with Gasteiger partial charge in [0.15, 0.2) is 0 Å². The second-order valence-electron chi connectivity index (χ2n) is 4.62. The van der Waals surface area contributed by atoms with Crippen molar-refractivity contribution in [2.45, 2.75) is 18.8 Å². The number of nitrogens with zero attached hydrogens (tertiary/aromatic N) is 1. The number of para-hydroxylation sites is 1. The molecule has 1 aromatic carbocycles. The zero-order valence-electron chi connectivity index (χ0n) is 12.1. The molecule has 1 aliphatic rings. The predicted octanol–water partition coefficient (Wildman–Crippen LogP) is 2.40. The second-order valence-corrected chi connectivity index (χ2v) is 5.02. The van der Waals surface area contributed by atoms with Crippen LogP contribution in [0.4, 0.5) is 28.4 Å². The minimum atomic E-state index is -5.32. The first kappa shape index (κ1) is 17.9. The number of benzene rings is 1. The fourth-order valence-corrected chi connectivity index (χ4v) is 2.27. The fraction of sp³-hybridized carbons (Fsp3) is 0.308. The molecule has 0 aromatic heterocycles. The van der Waals surface area contributed by atoms with Crippen LogP contribution < -0.4 is 15.5 Å². The van der Waals surface area contributed by atoms with Gasteiger partial charge in [-0.05, 0) is 19.1 Å². The van der Waals surface area contributed by atoms with Crippen molar-refractivity contribution in [3.8, 4) is 0 Å². The number of ether oxygens (including phenoxy) is 1. The third-order valence-corrected chi connectivity index (χ3v) is 3.42. The summed E-state index contributed by atoms with van der Waals surface area (Å²) in [4.78, 5) is 36.0. The number of rotatable bonds is 3. The summed E-state index contributed by atoms with van der Waals surface area (Å²) in [6.45, 7) is 1.14. The molecular formula is C13H11ClF3N3O4. The number of halogens is 4. The summed E-state index contributed by atoms with van der Waals surface area (Å²) in [5, 5.41) is 2.73. The van der Waals surface area contributed by atoms with Crippen LogP contribution in [-0.4, -0.2) is 36.5 Å². The van der Waals surface area contributed by atoms with Crippen molar-refractivity contribution >= 4 is 35.3 Å². The highest BCUT2D eigenvalue weighted by Gasteiger charge is 2.69. The Morgan fingerprint density at radius 3 is 2.54 bits per heavy atom. The van der Waals surface area contributed by atoms with Crippen LogP contribution in [0.3, 0.4) is 0 Å². The third kappa shape index (κ3) is 2.84. The lowest BCUT2D eigenvalue weighted by Gasteiger charge is -2.29.